The summed E-state index contributed by atoms with van der Waals surface area (Å²) in [4.78, 5) is 12.2. The monoisotopic (exact) mass is 266 g/mol. The van der Waals surface area contributed by atoms with Gasteiger partial charge in [-0.3, -0.25) is 9.89 Å². The molecule has 0 spiro atoms. The van der Waals surface area contributed by atoms with Crippen molar-refractivity contribution in [3.8, 4) is 5.69 Å². The molecule has 0 bridgehead atoms. The predicted octanol–water partition coefficient (Wildman–Crippen LogP) is 2.43. The minimum absolute atomic E-state index is 0.139. The maximum atomic E-state index is 12.2. The zero-order valence-corrected chi connectivity index (χ0v) is 11.0. The highest BCUT2D eigenvalue weighted by Gasteiger charge is 2.16. The van der Waals surface area contributed by atoms with Crippen LogP contribution in [0, 0.1) is 0 Å². The second-order valence-electron chi connectivity index (χ2n) is 4.44. The van der Waals surface area contributed by atoms with E-state index in [1.165, 1.54) is 4.68 Å². The van der Waals surface area contributed by atoms with Gasteiger partial charge in [0.1, 0.15) is 0 Å². The van der Waals surface area contributed by atoms with Gasteiger partial charge in [-0.1, -0.05) is 31.5 Å². The van der Waals surface area contributed by atoms with Gasteiger partial charge in [0.15, 0.2) is 0 Å². The Morgan fingerprint density at radius 2 is 2.17 bits per heavy atom. The van der Waals surface area contributed by atoms with Gasteiger partial charge in [-0.2, -0.15) is 0 Å². The smallest absolute Gasteiger partial charge is 0.277 e. The van der Waals surface area contributed by atoms with E-state index in [2.05, 4.69) is 5.10 Å². The van der Waals surface area contributed by atoms with E-state index >= 15 is 0 Å². The predicted molar refractivity (Wildman–Crippen MR) is 71.4 cm³/mol. The normalized spacial score (nSPS) is 11.2. The van der Waals surface area contributed by atoms with Crippen LogP contribution in [0.4, 0.5) is 0 Å². The van der Waals surface area contributed by atoms with E-state index in [4.69, 9.17) is 11.6 Å². The van der Waals surface area contributed by atoms with Crippen LogP contribution in [0.3, 0.4) is 0 Å². The number of nitrogens with one attached hydrogen (secondary N) is 1. The van der Waals surface area contributed by atoms with Gasteiger partial charge in [0.2, 0.25) is 0 Å². The van der Waals surface area contributed by atoms with Gasteiger partial charge < -0.3 is 5.11 Å². The van der Waals surface area contributed by atoms with Crippen LogP contribution in [0.2, 0.25) is 5.02 Å². The van der Waals surface area contributed by atoms with E-state index in [0.717, 1.165) is 5.69 Å². The van der Waals surface area contributed by atoms with Crippen LogP contribution in [0.5, 0.6) is 0 Å². The summed E-state index contributed by atoms with van der Waals surface area (Å²) in [6.07, 6.45) is 0. The molecule has 2 aromatic rings. The molecule has 1 aromatic carbocycles. The van der Waals surface area contributed by atoms with Crippen molar-refractivity contribution in [1.82, 2.24) is 9.78 Å². The number of H-pyrrole nitrogens is 1. The molecule has 1 aromatic heterocycles. The molecule has 0 unspecified atom stereocenters. The molecule has 18 heavy (non-hydrogen) atoms. The fraction of sp³-hybridized carbons (Fsp3) is 0.308. The van der Waals surface area contributed by atoms with Gasteiger partial charge >= 0.3 is 0 Å². The van der Waals surface area contributed by atoms with Crippen molar-refractivity contribution >= 4 is 11.6 Å². The summed E-state index contributed by atoms with van der Waals surface area (Å²) < 4.78 is 1.41. The van der Waals surface area contributed by atoms with Crippen molar-refractivity contribution in [1.29, 1.82) is 0 Å². The van der Waals surface area contributed by atoms with E-state index in [-0.39, 0.29) is 18.1 Å². The van der Waals surface area contributed by atoms with E-state index in [1.807, 2.05) is 13.8 Å². The number of benzene rings is 1. The molecule has 0 aliphatic carbocycles. The Morgan fingerprint density at radius 1 is 1.44 bits per heavy atom. The lowest BCUT2D eigenvalue weighted by Gasteiger charge is -2.04. The van der Waals surface area contributed by atoms with Crippen molar-refractivity contribution in [2.75, 3.05) is 0 Å². The third-order valence-electron chi connectivity index (χ3n) is 2.82. The molecule has 1 heterocycles. The van der Waals surface area contributed by atoms with Gasteiger partial charge in [-0.15, -0.1) is 0 Å². The zero-order valence-electron chi connectivity index (χ0n) is 10.3. The van der Waals surface area contributed by atoms with Crippen molar-refractivity contribution < 1.29 is 5.11 Å². The van der Waals surface area contributed by atoms with Crippen molar-refractivity contribution in [2.24, 2.45) is 0 Å². The number of hydrogen-bond donors (Lipinski definition) is 2. The molecule has 5 heteroatoms. The molecule has 96 valence electrons. The SMILES string of the molecule is CC(C)c1[nH]n(-c2cccc(Cl)c2)c(=O)c1CO. The first-order valence-electron chi connectivity index (χ1n) is 5.75. The van der Waals surface area contributed by atoms with Gasteiger partial charge in [-0.05, 0) is 24.1 Å². The average molecular weight is 267 g/mol. The summed E-state index contributed by atoms with van der Waals surface area (Å²) >= 11 is 5.91. The third kappa shape index (κ3) is 2.21. The molecule has 0 aliphatic heterocycles. The standard InChI is InChI=1S/C13H15ClN2O2/c1-8(2)12-11(7-17)13(18)16(15-12)10-5-3-4-9(14)6-10/h3-6,8,15,17H,7H2,1-2H3. The number of aliphatic hydroxyl groups is 1. The van der Waals surface area contributed by atoms with E-state index < -0.39 is 0 Å². The highest BCUT2D eigenvalue weighted by molar-refractivity contribution is 6.30. The molecule has 0 aliphatic rings. The maximum Gasteiger partial charge on any atom is 0.277 e. The number of halogens is 1. The van der Waals surface area contributed by atoms with Gasteiger partial charge in [0.25, 0.3) is 5.56 Å². The number of aliphatic hydroxyl groups excluding tert-OH is 1. The Kier molecular flexibility index (Phi) is 3.59. The molecule has 0 amide bonds. The molecule has 2 rings (SSSR count). The van der Waals surface area contributed by atoms with Crippen LogP contribution in [0.25, 0.3) is 5.69 Å². The first-order chi connectivity index (χ1) is 8.54. The molecule has 2 N–H and O–H groups in total. The summed E-state index contributed by atoms with van der Waals surface area (Å²) in [5, 5.41) is 12.9. The highest BCUT2D eigenvalue weighted by atomic mass is 35.5. The second kappa shape index (κ2) is 5.00. The fourth-order valence-electron chi connectivity index (χ4n) is 1.92. The molecular formula is C13H15ClN2O2. The lowest BCUT2D eigenvalue weighted by Crippen LogP contribution is -2.17. The number of hydrogen-bond acceptors (Lipinski definition) is 2. The maximum absolute atomic E-state index is 12.2. The van der Waals surface area contributed by atoms with Crippen LogP contribution in [-0.2, 0) is 6.61 Å². The summed E-state index contributed by atoms with van der Waals surface area (Å²) in [6.45, 7) is 3.66. The first kappa shape index (κ1) is 12.9. The highest BCUT2D eigenvalue weighted by Crippen LogP contribution is 2.18. The zero-order chi connectivity index (χ0) is 13.3. The summed E-state index contributed by atoms with van der Waals surface area (Å²) in [5.74, 6) is 0.139. The summed E-state index contributed by atoms with van der Waals surface area (Å²) in [5.41, 5.74) is 1.59. The van der Waals surface area contributed by atoms with Crippen molar-refractivity contribution in [3.05, 3.63) is 50.9 Å². The van der Waals surface area contributed by atoms with E-state index in [0.29, 0.717) is 16.3 Å². The number of aromatic amines is 1. The molecular weight excluding hydrogens is 252 g/mol. The van der Waals surface area contributed by atoms with Crippen LogP contribution in [0.1, 0.15) is 31.0 Å². The molecule has 0 radical (unpaired) electrons. The molecule has 0 saturated heterocycles. The van der Waals surface area contributed by atoms with Gasteiger partial charge in [0.05, 0.1) is 17.9 Å². The Balaban J connectivity index is 2.63. The van der Waals surface area contributed by atoms with E-state index in [9.17, 15) is 9.90 Å². The van der Waals surface area contributed by atoms with Crippen LogP contribution >= 0.6 is 11.6 Å². The van der Waals surface area contributed by atoms with Gasteiger partial charge in [0, 0.05) is 10.7 Å². The number of nitrogens with zero attached hydrogens (tertiary/aromatic N) is 1. The molecule has 0 atom stereocenters. The summed E-state index contributed by atoms with van der Waals surface area (Å²) in [7, 11) is 0. The molecule has 0 saturated carbocycles. The molecule has 4 nitrogen and oxygen atoms in total. The second-order valence-corrected chi connectivity index (χ2v) is 4.87. The lowest BCUT2D eigenvalue weighted by atomic mass is 10.1. The Morgan fingerprint density at radius 3 is 2.67 bits per heavy atom. The summed E-state index contributed by atoms with van der Waals surface area (Å²) in [6, 6.07) is 7.01. The lowest BCUT2D eigenvalue weighted by molar-refractivity contribution is 0.279. The topological polar surface area (TPSA) is 58.0 Å². The van der Waals surface area contributed by atoms with Crippen molar-refractivity contribution in [2.45, 2.75) is 26.4 Å². The third-order valence-corrected chi connectivity index (χ3v) is 3.06. The molecule has 0 fully saturated rings. The van der Waals surface area contributed by atoms with Crippen LogP contribution < -0.4 is 5.56 Å². The van der Waals surface area contributed by atoms with Crippen LogP contribution in [-0.4, -0.2) is 14.9 Å². The first-order valence-corrected chi connectivity index (χ1v) is 6.13. The van der Waals surface area contributed by atoms with Gasteiger partial charge in [-0.25, -0.2) is 4.68 Å². The van der Waals surface area contributed by atoms with E-state index in [1.54, 1.807) is 24.3 Å². The minimum atomic E-state index is -0.267. The Bertz CT molecular complexity index is 614. The quantitative estimate of drug-likeness (QED) is 0.896. The number of aromatic nitrogens is 2. The Labute approximate surface area is 110 Å². The fourth-order valence-corrected chi connectivity index (χ4v) is 2.10. The minimum Gasteiger partial charge on any atom is -0.391 e. The average Bonchev–Trinajstić information content (AvgIpc) is 2.66. The Hall–Kier alpha value is -1.52. The number of rotatable bonds is 3. The van der Waals surface area contributed by atoms with Crippen LogP contribution in [0.15, 0.2) is 29.1 Å². The largest absolute Gasteiger partial charge is 0.391 e. The van der Waals surface area contributed by atoms with Crippen molar-refractivity contribution in [3.63, 3.8) is 0 Å².